The number of hydrogen-bond acceptors (Lipinski definition) is 9. The van der Waals surface area contributed by atoms with Crippen molar-refractivity contribution in [1.29, 1.82) is 0 Å². The van der Waals surface area contributed by atoms with Gasteiger partial charge in [-0.2, -0.15) is 0 Å². The number of azide groups is 1. The fourth-order valence-corrected chi connectivity index (χ4v) is 3.37. The molecule has 0 bridgehead atoms. The normalized spacial score (nSPS) is 25.2. The molecule has 0 unspecified atom stereocenters. The van der Waals surface area contributed by atoms with Gasteiger partial charge in [0, 0.05) is 31.8 Å². The summed E-state index contributed by atoms with van der Waals surface area (Å²) in [6.07, 6.45) is 2.42. The molecule has 0 amide bonds. The van der Waals surface area contributed by atoms with Crippen LogP contribution in [0, 0.1) is 0 Å². The molecule has 5 atom stereocenters. The van der Waals surface area contributed by atoms with Gasteiger partial charge in [0.1, 0.15) is 6.04 Å². The first-order valence-electron chi connectivity index (χ1n) is 10.5. The Hall–Kier alpha value is -2.36. The molecule has 1 rings (SSSR count). The molecule has 31 heavy (non-hydrogen) atoms. The molecule has 0 radical (unpaired) electrons. The highest BCUT2D eigenvalue weighted by atomic mass is 16.7. The van der Waals surface area contributed by atoms with Crippen molar-refractivity contribution >= 4 is 17.9 Å². The Kier molecular flexibility index (Phi) is 12.6. The molecule has 1 aliphatic rings. The van der Waals surface area contributed by atoms with E-state index in [1.165, 1.54) is 21.0 Å². The van der Waals surface area contributed by atoms with Gasteiger partial charge in [-0.15, -0.1) is 0 Å². The number of hydrogen-bond donors (Lipinski definition) is 0. The molecule has 176 valence electrons. The lowest BCUT2D eigenvalue weighted by Crippen LogP contribution is -2.59. The summed E-state index contributed by atoms with van der Waals surface area (Å²) >= 11 is 0. The van der Waals surface area contributed by atoms with E-state index in [9.17, 15) is 14.4 Å². The molecule has 0 saturated carbocycles. The minimum absolute atomic E-state index is 0.187. The second kappa shape index (κ2) is 14.6. The average Bonchev–Trinajstić information content (AvgIpc) is 2.71. The predicted molar refractivity (Wildman–Crippen MR) is 109 cm³/mol. The average molecular weight is 443 g/mol. The maximum Gasteiger partial charge on any atom is 0.305 e. The highest BCUT2D eigenvalue weighted by Gasteiger charge is 2.48. The number of ether oxygens (including phenoxy) is 5. The molecule has 0 aromatic heterocycles. The van der Waals surface area contributed by atoms with Crippen molar-refractivity contribution in [2.24, 2.45) is 5.11 Å². The Bertz CT molecular complexity index is 638. The van der Waals surface area contributed by atoms with Gasteiger partial charge in [0.15, 0.2) is 18.5 Å². The Morgan fingerprint density at radius 1 is 0.968 bits per heavy atom. The first-order valence-corrected chi connectivity index (χ1v) is 10.5. The van der Waals surface area contributed by atoms with Crippen LogP contribution in [0.15, 0.2) is 5.11 Å². The summed E-state index contributed by atoms with van der Waals surface area (Å²) < 4.78 is 26.7. The number of carbonyl (C=O) groups is 3. The van der Waals surface area contributed by atoms with Gasteiger partial charge in [-0.25, -0.2) is 0 Å². The number of nitrogens with zero attached hydrogens (tertiary/aromatic N) is 3. The Balaban J connectivity index is 2.52. The third-order valence-electron chi connectivity index (χ3n) is 4.82. The van der Waals surface area contributed by atoms with Crippen LogP contribution in [0.1, 0.15) is 65.7 Å². The molecule has 1 heterocycles. The number of unbranched alkanes of at least 4 members (excludes halogenated alkanes) is 5. The van der Waals surface area contributed by atoms with Crippen molar-refractivity contribution in [2.45, 2.75) is 96.4 Å². The van der Waals surface area contributed by atoms with Crippen LogP contribution in [0.2, 0.25) is 0 Å². The monoisotopic (exact) mass is 443 g/mol. The SMILES string of the molecule is COC(=O)CCCCCCCCO[C@H]1O[C@@H](C)[C@@H](OC(C)=O)[C@@H](OC(C)=O)[C@@H]1N=[N+]=[N-]. The zero-order valence-electron chi connectivity index (χ0n) is 18.7. The smallest absolute Gasteiger partial charge is 0.305 e. The summed E-state index contributed by atoms with van der Waals surface area (Å²) in [5.74, 6) is -1.35. The Morgan fingerprint density at radius 3 is 2.13 bits per heavy atom. The molecule has 0 aliphatic carbocycles. The molecule has 1 saturated heterocycles. The van der Waals surface area contributed by atoms with Crippen LogP contribution in [-0.2, 0) is 38.1 Å². The predicted octanol–water partition coefficient (Wildman–Crippen LogP) is 3.19. The highest BCUT2D eigenvalue weighted by Crippen LogP contribution is 2.29. The van der Waals surface area contributed by atoms with E-state index in [1.807, 2.05) is 0 Å². The molecule has 0 N–H and O–H groups in total. The van der Waals surface area contributed by atoms with Crippen molar-refractivity contribution in [1.82, 2.24) is 0 Å². The van der Waals surface area contributed by atoms with Gasteiger partial charge < -0.3 is 23.7 Å². The van der Waals surface area contributed by atoms with Crippen LogP contribution in [0.4, 0.5) is 0 Å². The molecule has 0 aromatic rings. The van der Waals surface area contributed by atoms with Crippen LogP contribution in [0.3, 0.4) is 0 Å². The largest absolute Gasteiger partial charge is 0.469 e. The van der Waals surface area contributed by atoms with E-state index >= 15 is 0 Å². The molecule has 11 nitrogen and oxygen atoms in total. The van der Waals surface area contributed by atoms with Gasteiger partial charge in [0.25, 0.3) is 0 Å². The lowest BCUT2D eigenvalue weighted by Gasteiger charge is -2.42. The van der Waals surface area contributed by atoms with Crippen molar-refractivity contribution in [3.8, 4) is 0 Å². The second-order valence-corrected chi connectivity index (χ2v) is 7.37. The molecule has 1 fully saturated rings. The van der Waals surface area contributed by atoms with Gasteiger partial charge in [-0.3, -0.25) is 14.4 Å². The van der Waals surface area contributed by atoms with Gasteiger partial charge in [-0.05, 0) is 25.3 Å². The van der Waals surface area contributed by atoms with Crippen LogP contribution in [0.5, 0.6) is 0 Å². The lowest BCUT2D eigenvalue weighted by atomic mass is 9.97. The lowest BCUT2D eigenvalue weighted by molar-refractivity contribution is -0.263. The Morgan fingerprint density at radius 2 is 1.55 bits per heavy atom. The van der Waals surface area contributed by atoms with Gasteiger partial charge in [0.2, 0.25) is 0 Å². The maximum absolute atomic E-state index is 11.6. The summed E-state index contributed by atoms with van der Waals surface area (Å²) in [5, 5.41) is 3.69. The van der Waals surface area contributed by atoms with E-state index in [0.717, 1.165) is 38.5 Å². The van der Waals surface area contributed by atoms with Crippen molar-refractivity contribution in [3.05, 3.63) is 10.4 Å². The van der Waals surface area contributed by atoms with Crippen molar-refractivity contribution in [3.63, 3.8) is 0 Å². The standard InChI is InChI=1S/C20H33N3O8/c1-13-18(30-14(2)24)19(31-15(3)25)17(22-23-21)20(29-13)28-12-10-8-6-5-7-9-11-16(26)27-4/h13,17-20H,5-12H2,1-4H3/t13-,17-,18+,19-,20-/m0/s1. The molecule has 0 spiro atoms. The molecule has 0 aromatic carbocycles. The van der Waals surface area contributed by atoms with E-state index in [4.69, 9.17) is 24.5 Å². The van der Waals surface area contributed by atoms with Crippen LogP contribution < -0.4 is 0 Å². The quantitative estimate of drug-likeness (QED) is 0.105. The fourth-order valence-electron chi connectivity index (χ4n) is 3.37. The molecular formula is C20H33N3O8. The number of methoxy groups -OCH3 is 1. The third kappa shape index (κ3) is 9.99. The van der Waals surface area contributed by atoms with Crippen molar-refractivity contribution in [2.75, 3.05) is 13.7 Å². The number of esters is 3. The fraction of sp³-hybridized carbons (Fsp3) is 0.850. The summed E-state index contributed by atoms with van der Waals surface area (Å²) in [6, 6.07) is -0.993. The zero-order valence-corrected chi connectivity index (χ0v) is 18.7. The first-order chi connectivity index (χ1) is 14.8. The van der Waals surface area contributed by atoms with Crippen LogP contribution in [-0.4, -0.2) is 62.3 Å². The van der Waals surface area contributed by atoms with E-state index in [2.05, 4.69) is 14.8 Å². The van der Waals surface area contributed by atoms with E-state index in [0.29, 0.717) is 13.0 Å². The topological polar surface area (TPSA) is 146 Å². The molecule has 1 aliphatic heterocycles. The van der Waals surface area contributed by atoms with Crippen LogP contribution >= 0.6 is 0 Å². The van der Waals surface area contributed by atoms with Crippen LogP contribution in [0.25, 0.3) is 10.4 Å². The van der Waals surface area contributed by atoms with Gasteiger partial charge in [0.05, 0.1) is 13.2 Å². The van der Waals surface area contributed by atoms with E-state index < -0.39 is 42.6 Å². The van der Waals surface area contributed by atoms with E-state index in [-0.39, 0.29) is 5.97 Å². The molecule has 11 heteroatoms. The van der Waals surface area contributed by atoms with Gasteiger partial charge in [-0.1, -0.05) is 30.8 Å². The summed E-state index contributed by atoms with van der Waals surface area (Å²) in [7, 11) is 1.39. The summed E-state index contributed by atoms with van der Waals surface area (Å²) in [6.45, 7) is 4.49. The summed E-state index contributed by atoms with van der Waals surface area (Å²) in [5.41, 5.74) is 8.95. The molecular weight excluding hydrogens is 410 g/mol. The second-order valence-electron chi connectivity index (χ2n) is 7.37. The summed E-state index contributed by atoms with van der Waals surface area (Å²) in [4.78, 5) is 36.9. The number of carbonyl (C=O) groups excluding carboxylic acids is 3. The zero-order chi connectivity index (χ0) is 23.2. The van der Waals surface area contributed by atoms with Gasteiger partial charge >= 0.3 is 17.9 Å². The Labute approximate surface area is 182 Å². The maximum atomic E-state index is 11.6. The first kappa shape index (κ1) is 26.7. The van der Waals surface area contributed by atoms with E-state index in [1.54, 1.807) is 6.92 Å². The minimum Gasteiger partial charge on any atom is -0.469 e. The highest BCUT2D eigenvalue weighted by molar-refractivity contribution is 5.69. The number of rotatable bonds is 13. The third-order valence-corrected chi connectivity index (χ3v) is 4.82. The minimum atomic E-state index is -1.01. The van der Waals surface area contributed by atoms with Crippen molar-refractivity contribution < 1.29 is 38.1 Å².